The van der Waals surface area contributed by atoms with Crippen LogP contribution in [0.4, 0.5) is 0 Å². The Morgan fingerprint density at radius 1 is 1.27 bits per heavy atom. The van der Waals surface area contributed by atoms with E-state index in [9.17, 15) is 8.42 Å². The van der Waals surface area contributed by atoms with Crippen LogP contribution in [0.2, 0.25) is 0 Å². The van der Waals surface area contributed by atoms with Gasteiger partial charge in [-0.05, 0) is 26.0 Å². The van der Waals surface area contributed by atoms with Gasteiger partial charge in [-0.25, -0.2) is 13.4 Å². The minimum Gasteiger partial charge on any atom is -0.315 e. The molecule has 0 amide bonds. The van der Waals surface area contributed by atoms with Crippen LogP contribution in [0.15, 0.2) is 17.2 Å². The molecule has 0 saturated carbocycles. The molecule has 1 aliphatic rings. The molecule has 0 aromatic carbocycles. The maximum atomic E-state index is 12.7. The molecule has 0 spiro atoms. The third-order valence-corrected chi connectivity index (χ3v) is 5.64. The van der Waals surface area contributed by atoms with Crippen molar-refractivity contribution in [2.24, 2.45) is 7.05 Å². The second kappa shape index (κ2) is 6.49. The number of hydrogen-bond donors (Lipinski definition) is 1. The summed E-state index contributed by atoms with van der Waals surface area (Å²) in [7, 11) is -1.69. The number of pyridine rings is 1. The molecule has 9 heteroatoms. The van der Waals surface area contributed by atoms with Gasteiger partial charge in [0.2, 0.25) is 10.0 Å². The Hall–Kier alpha value is -1.22. The van der Waals surface area contributed by atoms with E-state index in [4.69, 9.17) is 0 Å². The Morgan fingerprint density at radius 2 is 2.05 bits per heavy atom. The third kappa shape index (κ3) is 2.96. The second-order valence-electron chi connectivity index (χ2n) is 5.26. The van der Waals surface area contributed by atoms with Gasteiger partial charge in [0.25, 0.3) is 0 Å². The first-order valence-electron chi connectivity index (χ1n) is 7.00. The first kappa shape index (κ1) is 17.1. The number of fused-ring (bicyclic) bond motifs is 1. The van der Waals surface area contributed by atoms with Crippen molar-refractivity contribution in [3.8, 4) is 0 Å². The lowest BCUT2D eigenvalue weighted by molar-refractivity contribution is 0.432. The zero-order chi connectivity index (χ0) is 15.0. The Labute approximate surface area is 136 Å². The molecule has 0 unspecified atom stereocenters. The number of rotatable bonds is 2. The van der Waals surface area contributed by atoms with Crippen LogP contribution in [0.1, 0.15) is 12.1 Å². The summed E-state index contributed by atoms with van der Waals surface area (Å²) in [4.78, 5) is 4.51. The summed E-state index contributed by atoms with van der Waals surface area (Å²) in [6, 6.07) is 1.68. The van der Waals surface area contributed by atoms with Crippen LogP contribution in [0.3, 0.4) is 0 Å². The quantitative estimate of drug-likeness (QED) is 0.866. The number of aromatic nitrogens is 3. The van der Waals surface area contributed by atoms with Gasteiger partial charge in [0, 0.05) is 38.3 Å². The minimum atomic E-state index is -3.49. The lowest BCUT2D eigenvalue weighted by atomic mass is 10.3. The highest BCUT2D eigenvalue weighted by Crippen LogP contribution is 2.22. The van der Waals surface area contributed by atoms with E-state index in [0.29, 0.717) is 25.3 Å². The molecule has 1 fully saturated rings. The largest absolute Gasteiger partial charge is 0.315 e. The summed E-state index contributed by atoms with van der Waals surface area (Å²) in [5.41, 5.74) is 1.48. The number of aryl methyl sites for hydroxylation is 2. The monoisotopic (exact) mass is 345 g/mol. The maximum Gasteiger partial charge on any atom is 0.244 e. The van der Waals surface area contributed by atoms with Crippen molar-refractivity contribution in [2.45, 2.75) is 18.2 Å². The van der Waals surface area contributed by atoms with Crippen molar-refractivity contribution >= 4 is 33.5 Å². The van der Waals surface area contributed by atoms with Crippen LogP contribution < -0.4 is 5.32 Å². The van der Waals surface area contributed by atoms with Crippen LogP contribution in [0.5, 0.6) is 0 Å². The molecule has 22 heavy (non-hydrogen) atoms. The molecule has 1 N–H and O–H groups in total. The molecule has 1 aliphatic heterocycles. The van der Waals surface area contributed by atoms with E-state index in [1.54, 1.807) is 17.8 Å². The van der Waals surface area contributed by atoms with Crippen molar-refractivity contribution < 1.29 is 8.42 Å². The molecule has 7 nitrogen and oxygen atoms in total. The third-order valence-electron chi connectivity index (χ3n) is 3.77. The predicted octanol–water partition coefficient (Wildman–Crippen LogP) is 0.683. The number of hydrogen-bond acceptors (Lipinski definition) is 5. The lowest BCUT2D eigenvalue weighted by Gasteiger charge is -2.19. The number of nitrogens with zero attached hydrogens (tertiary/aromatic N) is 4. The fraction of sp³-hybridized carbons (Fsp3) is 0.538. The average molecular weight is 346 g/mol. The van der Waals surface area contributed by atoms with Gasteiger partial charge >= 0.3 is 0 Å². The fourth-order valence-electron chi connectivity index (χ4n) is 2.64. The molecule has 0 radical (unpaired) electrons. The summed E-state index contributed by atoms with van der Waals surface area (Å²) in [6.45, 7) is 4.42. The van der Waals surface area contributed by atoms with Gasteiger partial charge in [-0.1, -0.05) is 0 Å². The minimum absolute atomic E-state index is 0. The first-order valence-corrected chi connectivity index (χ1v) is 8.44. The molecule has 3 heterocycles. The number of sulfonamides is 1. The van der Waals surface area contributed by atoms with Gasteiger partial charge in [0.05, 0.1) is 5.69 Å². The van der Waals surface area contributed by atoms with Gasteiger partial charge in [-0.3, -0.25) is 4.68 Å². The molecule has 0 bridgehead atoms. The van der Waals surface area contributed by atoms with E-state index in [1.807, 2.05) is 6.92 Å². The fourth-order valence-corrected chi connectivity index (χ4v) is 4.09. The standard InChI is InChI=1S/C13H19N5O2S.ClH/c1-10-12-8-11(9-15-13(12)17(2)16-10)21(19,20)18-6-3-4-14-5-7-18;/h8-9,14H,3-7H2,1-2H3;1H. The van der Waals surface area contributed by atoms with Crippen molar-refractivity contribution in [2.75, 3.05) is 26.2 Å². The van der Waals surface area contributed by atoms with Gasteiger partial charge in [0.1, 0.15) is 4.90 Å². The molecule has 3 rings (SSSR count). The number of halogens is 1. The Balaban J connectivity index is 0.00000176. The molecule has 2 aromatic heterocycles. The van der Waals surface area contributed by atoms with Gasteiger partial charge < -0.3 is 5.32 Å². The van der Waals surface area contributed by atoms with Crippen LogP contribution in [-0.4, -0.2) is 53.7 Å². The molecule has 0 aliphatic carbocycles. The van der Waals surface area contributed by atoms with Gasteiger partial charge in [0.15, 0.2) is 5.65 Å². The topological polar surface area (TPSA) is 80.1 Å². The Morgan fingerprint density at radius 3 is 2.82 bits per heavy atom. The first-order chi connectivity index (χ1) is 10.00. The van der Waals surface area contributed by atoms with Gasteiger partial charge in [-0.2, -0.15) is 9.40 Å². The highest BCUT2D eigenvalue weighted by molar-refractivity contribution is 7.89. The van der Waals surface area contributed by atoms with E-state index < -0.39 is 10.0 Å². The highest BCUT2D eigenvalue weighted by Gasteiger charge is 2.26. The van der Waals surface area contributed by atoms with Crippen LogP contribution in [0.25, 0.3) is 11.0 Å². The summed E-state index contributed by atoms with van der Waals surface area (Å²) in [5.74, 6) is 0. The summed E-state index contributed by atoms with van der Waals surface area (Å²) >= 11 is 0. The molecular formula is C13H20ClN5O2S. The zero-order valence-electron chi connectivity index (χ0n) is 12.6. The van der Waals surface area contributed by atoms with Crippen LogP contribution >= 0.6 is 12.4 Å². The Kier molecular flexibility index (Phi) is 5.06. The molecule has 2 aromatic rings. The molecular weight excluding hydrogens is 326 g/mol. The maximum absolute atomic E-state index is 12.7. The van der Waals surface area contributed by atoms with Crippen molar-refractivity contribution in [3.05, 3.63) is 18.0 Å². The summed E-state index contributed by atoms with van der Waals surface area (Å²) in [6.07, 6.45) is 2.25. The molecule has 1 saturated heterocycles. The van der Waals surface area contributed by atoms with Crippen molar-refractivity contribution in [3.63, 3.8) is 0 Å². The van der Waals surface area contributed by atoms with Crippen molar-refractivity contribution in [1.82, 2.24) is 24.4 Å². The SMILES string of the molecule is Cc1nn(C)c2ncc(S(=O)(=O)N3CCCNCC3)cc12.Cl. The Bertz CT molecular complexity index is 766. The highest BCUT2D eigenvalue weighted by atomic mass is 35.5. The normalized spacial score (nSPS) is 17.2. The molecule has 122 valence electrons. The van der Waals surface area contributed by atoms with Gasteiger partial charge in [-0.15, -0.1) is 12.4 Å². The van der Waals surface area contributed by atoms with E-state index in [-0.39, 0.29) is 17.3 Å². The summed E-state index contributed by atoms with van der Waals surface area (Å²) < 4.78 is 28.7. The van der Waals surface area contributed by atoms with Crippen LogP contribution in [-0.2, 0) is 17.1 Å². The molecule has 0 atom stereocenters. The van der Waals surface area contributed by atoms with E-state index >= 15 is 0 Å². The van der Waals surface area contributed by atoms with E-state index in [2.05, 4.69) is 15.4 Å². The van der Waals surface area contributed by atoms with E-state index in [1.165, 1.54) is 10.5 Å². The van der Waals surface area contributed by atoms with E-state index in [0.717, 1.165) is 24.0 Å². The summed E-state index contributed by atoms with van der Waals surface area (Å²) in [5, 5.41) is 8.27. The smallest absolute Gasteiger partial charge is 0.244 e. The zero-order valence-corrected chi connectivity index (χ0v) is 14.2. The van der Waals surface area contributed by atoms with Crippen LogP contribution in [0, 0.1) is 6.92 Å². The average Bonchev–Trinajstić information content (AvgIpc) is 2.67. The second-order valence-corrected chi connectivity index (χ2v) is 7.20. The van der Waals surface area contributed by atoms with Crippen molar-refractivity contribution in [1.29, 1.82) is 0 Å². The number of nitrogens with one attached hydrogen (secondary N) is 1. The predicted molar refractivity (Wildman–Crippen MR) is 86.7 cm³/mol. The lowest BCUT2D eigenvalue weighted by Crippen LogP contribution is -2.34.